The van der Waals surface area contributed by atoms with Gasteiger partial charge in [0.15, 0.2) is 0 Å². The lowest BCUT2D eigenvalue weighted by molar-refractivity contribution is 0.0200. The minimum absolute atomic E-state index is 0.0250. The molecule has 1 amide bonds. The molecular formula is C15H19ClN4O. The first-order valence-electron chi connectivity index (χ1n) is 7.08. The number of fused-ring (bicyclic) bond motifs is 1. The lowest BCUT2D eigenvalue weighted by Crippen LogP contribution is -2.60. The van der Waals surface area contributed by atoms with Gasteiger partial charge in [0.05, 0.1) is 22.3 Å². The Kier molecular flexibility index (Phi) is 3.42. The Bertz CT molecular complexity index is 694. The molecule has 3 rings (SSSR count). The van der Waals surface area contributed by atoms with Crippen LogP contribution in [-0.4, -0.2) is 28.1 Å². The minimum atomic E-state index is -0.133. The highest BCUT2D eigenvalue weighted by atomic mass is 35.5. The SMILES string of the molecule is CC1(C)C(CN)CC1NC(=O)c1cnn2cccc(Cl)c12. The van der Waals surface area contributed by atoms with E-state index in [2.05, 4.69) is 24.3 Å². The molecule has 3 N–H and O–H groups in total. The van der Waals surface area contributed by atoms with E-state index in [1.54, 1.807) is 29.0 Å². The van der Waals surface area contributed by atoms with Crippen LogP contribution in [0.5, 0.6) is 0 Å². The quantitative estimate of drug-likeness (QED) is 0.912. The molecule has 2 atom stereocenters. The van der Waals surface area contributed by atoms with Gasteiger partial charge in [0.1, 0.15) is 0 Å². The third-order valence-corrected chi connectivity index (χ3v) is 5.10. The number of nitrogens with one attached hydrogen (secondary N) is 1. The fraction of sp³-hybridized carbons (Fsp3) is 0.467. The molecule has 5 nitrogen and oxygen atoms in total. The number of halogens is 1. The van der Waals surface area contributed by atoms with E-state index in [0.717, 1.165) is 6.42 Å². The maximum atomic E-state index is 12.5. The van der Waals surface area contributed by atoms with Crippen LogP contribution in [0.3, 0.4) is 0 Å². The topological polar surface area (TPSA) is 72.4 Å². The smallest absolute Gasteiger partial charge is 0.255 e. The summed E-state index contributed by atoms with van der Waals surface area (Å²) in [5.74, 6) is 0.321. The number of aromatic nitrogens is 2. The predicted molar refractivity (Wildman–Crippen MR) is 82.4 cm³/mol. The second-order valence-electron chi connectivity index (χ2n) is 6.22. The van der Waals surface area contributed by atoms with Crippen LogP contribution in [0.2, 0.25) is 5.02 Å². The molecule has 112 valence electrons. The number of hydrogen-bond donors (Lipinski definition) is 2. The predicted octanol–water partition coefficient (Wildman–Crippen LogP) is 2.09. The molecule has 0 bridgehead atoms. The number of rotatable bonds is 3. The van der Waals surface area contributed by atoms with Crippen LogP contribution in [0.4, 0.5) is 0 Å². The molecule has 0 aliphatic heterocycles. The van der Waals surface area contributed by atoms with Gasteiger partial charge in [-0.15, -0.1) is 0 Å². The summed E-state index contributed by atoms with van der Waals surface area (Å²) in [5, 5.41) is 7.78. The Hall–Kier alpha value is -1.59. The molecule has 2 aromatic heterocycles. The van der Waals surface area contributed by atoms with Crippen LogP contribution in [0.1, 0.15) is 30.6 Å². The fourth-order valence-corrected chi connectivity index (χ4v) is 3.33. The summed E-state index contributed by atoms with van der Waals surface area (Å²) in [7, 11) is 0. The van der Waals surface area contributed by atoms with Gasteiger partial charge >= 0.3 is 0 Å². The summed E-state index contributed by atoms with van der Waals surface area (Å²) in [6.07, 6.45) is 4.25. The standard InChI is InChI=1S/C15H19ClN4O/c1-15(2)9(7-17)6-12(15)19-14(21)10-8-18-20-5-3-4-11(16)13(10)20/h3-5,8-9,12H,6-7,17H2,1-2H3,(H,19,21). The normalized spacial score (nSPS) is 23.8. The number of hydrogen-bond acceptors (Lipinski definition) is 3. The van der Waals surface area contributed by atoms with Crippen molar-refractivity contribution in [2.75, 3.05) is 6.54 Å². The van der Waals surface area contributed by atoms with Crippen molar-refractivity contribution in [3.63, 3.8) is 0 Å². The molecular weight excluding hydrogens is 288 g/mol. The Morgan fingerprint density at radius 3 is 3.05 bits per heavy atom. The molecule has 0 aromatic carbocycles. The van der Waals surface area contributed by atoms with Crippen LogP contribution >= 0.6 is 11.6 Å². The lowest BCUT2D eigenvalue weighted by Gasteiger charge is -2.52. The molecule has 0 radical (unpaired) electrons. The maximum Gasteiger partial charge on any atom is 0.255 e. The van der Waals surface area contributed by atoms with E-state index in [1.165, 1.54) is 0 Å². The summed E-state index contributed by atoms with van der Waals surface area (Å²) in [4.78, 5) is 12.5. The third-order valence-electron chi connectivity index (χ3n) is 4.80. The van der Waals surface area contributed by atoms with Crippen molar-refractivity contribution in [1.29, 1.82) is 0 Å². The zero-order valence-corrected chi connectivity index (χ0v) is 12.9. The molecule has 1 fully saturated rings. The van der Waals surface area contributed by atoms with E-state index in [-0.39, 0.29) is 17.4 Å². The highest BCUT2D eigenvalue weighted by molar-refractivity contribution is 6.34. The number of nitrogens with two attached hydrogens (primary N) is 1. The third kappa shape index (κ3) is 2.21. The molecule has 1 aliphatic rings. The minimum Gasteiger partial charge on any atom is -0.349 e. The molecule has 2 aromatic rings. The van der Waals surface area contributed by atoms with Crippen LogP contribution in [0.25, 0.3) is 5.52 Å². The van der Waals surface area contributed by atoms with Crippen LogP contribution in [0, 0.1) is 11.3 Å². The number of carbonyl (C=O) groups is 1. The molecule has 6 heteroatoms. The van der Waals surface area contributed by atoms with Crippen LogP contribution in [-0.2, 0) is 0 Å². The van der Waals surface area contributed by atoms with Crippen molar-refractivity contribution < 1.29 is 4.79 Å². The second-order valence-corrected chi connectivity index (χ2v) is 6.63. The highest BCUT2D eigenvalue weighted by Gasteiger charge is 2.47. The first kappa shape index (κ1) is 14.4. The summed E-state index contributed by atoms with van der Waals surface area (Å²) >= 11 is 6.18. The van der Waals surface area contributed by atoms with E-state index in [9.17, 15) is 4.79 Å². The van der Waals surface area contributed by atoms with Gasteiger partial charge in [-0.05, 0) is 36.4 Å². The van der Waals surface area contributed by atoms with Gasteiger partial charge in [-0.25, -0.2) is 4.52 Å². The largest absolute Gasteiger partial charge is 0.349 e. The number of pyridine rings is 1. The average molecular weight is 307 g/mol. The van der Waals surface area contributed by atoms with Gasteiger partial charge in [-0.1, -0.05) is 25.4 Å². The first-order chi connectivity index (χ1) is 9.95. The molecule has 1 aliphatic carbocycles. The van der Waals surface area contributed by atoms with Crippen LogP contribution < -0.4 is 11.1 Å². The number of nitrogens with zero attached hydrogens (tertiary/aromatic N) is 2. The van der Waals surface area contributed by atoms with E-state index in [4.69, 9.17) is 17.3 Å². The van der Waals surface area contributed by atoms with Gasteiger partial charge < -0.3 is 11.1 Å². The molecule has 1 saturated carbocycles. The molecule has 2 heterocycles. The molecule has 0 saturated heterocycles. The van der Waals surface area contributed by atoms with Gasteiger partial charge in [-0.3, -0.25) is 4.79 Å². The Labute approximate surface area is 128 Å². The first-order valence-corrected chi connectivity index (χ1v) is 7.45. The number of amides is 1. The zero-order chi connectivity index (χ0) is 15.2. The summed E-state index contributed by atoms with van der Waals surface area (Å²) in [5.41, 5.74) is 6.92. The molecule has 2 unspecified atom stereocenters. The van der Waals surface area contributed by atoms with Gasteiger partial charge in [-0.2, -0.15) is 5.10 Å². The summed E-state index contributed by atoms with van der Waals surface area (Å²) < 4.78 is 1.62. The van der Waals surface area contributed by atoms with Crippen molar-refractivity contribution in [3.8, 4) is 0 Å². The van der Waals surface area contributed by atoms with E-state index in [0.29, 0.717) is 28.6 Å². The van der Waals surface area contributed by atoms with Crippen molar-refractivity contribution in [2.45, 2.75) is 26.3 Å². The van der Waals surface area contributed by atoms with Crippen LogP contribution in [0.15, 0.2) is 24.5 Å². The average Bonchev–Trinajstić information content (AvgIpc) is 2.88. The van der Waals surface area contributed by atoms with Gasteiger partial charge in [0.2, 0.25) is 0 Å². The fourth-order valence-electron chi connectivity index (χ4n) is 3.06. The van der Waals surface area contributed by atoms with Crippen molar-refractivity contribution in [2.24, 2.45) is 17.1 Å². The van der Waals surface area contributed by atoms with Gasteiger partial charge in [0.25, 0.3) is 5.91 Å². The summed E-state index contributed by atoms with van der Waals surface area (Å²) in [6.45, 7) is 4.94. The zero-order valence-electron chi connectivity index (χ0n) is 12.1. The molecule has 0 spiro atoms. The monoisotopic (exact) mass is 306 g/mol. The Morgan fingerprint density at radius 1 is 1.62 bits per heavy atom. The molecule has 21 heavy (non-hydrogen) atoms. The van der Waals surface area contributed by atoms with Gasteiger partial charge in [0, 0.05) is 12.2 Å². The number of carbonyl (C=O) groups excluding carboxylic acids is 1. The Morgan fingerprint density at radius 2 is 2.38 bits per heavy atom. The maximum absolute atomic E-state index is 12.5. The lowest BCUT2D eigenvalue weighted by atomic mass is 9.58. The Balaban J connectivity index is 1.83. The van der Waals surface area contributed by atoms with E-state index < -0.39 is 0 Å². The second kappa shape index (κ2) is 5.00. The van der Waals surface area contributed by atoms with Crippen molar-refractivity contribution in [3.05, 3.63) is 35.1 Å². The van der Waals surface area contributed by atoms with Crippen molar-refractivity contribution >= 4 is 23.0 Å². The van der Waals surface area contributed by atoms with E-state index >= 15 is 0 Å². The highest BCUT2D eigenvalue weighted by Crippen LogP contribution is 2.45. The van der Waals surface area contributed by atoms with Crippen molar-refractivity contribution in [1.82, 2.24) is 14.9 Å². The summed E-state index contributed by atoms with van der Waals surface area (Å²) in [6, 6.07) is 3.69. The van der Waals surface area contributed by atoms with E-state index in [1.807, 2.05) is 0 Å².